The number of nitrogens with one attached hydrogen (secondary N) is 1. The van der Waals surface area contributed by atoms with Crippen LogP contribution < -0.4 is 5.32 Å². The number of sulfone groups is 1. The molecule has 1 amide bonds. The van der Waals surface area contributed by atoms with Gasteiger partial charge in [-0.05, 0) is 58.2 Å². The molecule has 0 saturated carbocycles. The molecule has 15 heteroatoms. The molecule has 0 heterocycles. The minimum absolute atomic E-state index is 0.0401. The van der Waals surface area contributed by atoms with Crippen LogP contribution in [0, 0.1) is 5.82 Å². The number of carbonyl (C=O) groups excluding carboxylic acids is 1. The molecule has 0 aliphatic heterocycles. The van der Waals surface area contributed by atoms with E-state index < -0.39 is 73.0 Å². The molecule has 1 N–H and O–H groups in total. The molecule has 2 aromatic carbocycles. The van der Waals surface area contributed by atoms with Crippen LogP contribution in [0.4, 0.5) is 30.7 Å². The van der Waals surface area contributed by atoms with Crippen molar-refractivity contribution >= 4 is 61.0 Å². The van der Waals surface area contributed by atoms with Gasteiger partial charge < -0.3 is 5.32 Å². The van der Waals surface area contributed by atoms with Crippen LogP contribution in [-0.2, 0) is 9.84 Å². The number of halogens is 10. The van der Waals surface area contributed by atoms with Crippen LogP contribution in [0.2, 0.25) is 10.0 Å². The van der Waals surface area contributed by atoms with Gasteiger partial charge in [-0.15, -0.1) is 0 Å². The quantitative estimate of drug-likeness (QED) is 0.238. The normalized spacial score (nSPS) is 14.6. The van der Waals surface area contributed by atoms with E-state index in [9.17, 15) is 43.9 Å². The lowest BCUT2D eigenvalue weighted by Crippen LogP contribution is -2.39. The molecule has 0 aliphatic rings. The van der Waals surface area contributed by atoms with E-state index in [4.69, 9.17) is 23.2 Å². The molecule has 0 saturated heterocycles. The van der Waals surface area contributed by atoms with Gasteiger partial charge in [-0.1, -0.05) is 41.4 Å². The third kappa shape index (κ3) is 9.45. The fourth-order valence-corrected chi connectivity index (χ4v) is 5.76. The number of hydrogen-bond acceptors (Lipinski definition) is 3. The molecule has 2 atom stereocenters. The summed E-state index contributed by atoms with van der Waals surface area (Å²) in [5.41, 5.74) is -0.218. The van der Waals surface area contributed by atoms with Gasteiger partial charge in [-0.2, -0.15) is 26.3 Å². The molecule has 2 aromatic rings. The van der Waals surface area contributed by atoms with Crippen molar-refractivity contribution in [3.63, 3.8) is 0 Å². The summed E-state index contributed by atoms with van der Waals surface area (Å²) in [4.78, 5) is 12.5. The van der Waals surface area contributed by atoms with Crippen LogP contribution in [0.5, 0.6) is 0 Å². The van der Waals surface area contributed by atoms with E-state index in [1.165, 1.54) is 25.1 Å². The molecule has 0 fully saturated rings. The molecule has 37 heavy (non-hydrogen) atoms. The predicted octanol–water partition coefficient (Wildman–Crippen LogP) is 7.35. The van der Waals surface area contributed by atoms with E-state index in [1.807, 2.05) is 0 Å². The van der Waals surface area contributed by atoms with Crippen LogP contribution in [-0.4, -0.2) is 44.2 Å². The predicted molar refractivity (Wildman–Crippen MR) is 130 cm³/mol. The Hall–Kier alpha value is -1.83. The van der Waals surface area contributed by atoms with Crippen LogP contribution >= 0.6 is 39.1 Å². The average molecular weight is 659 g/mol. The van der Waals surface area contributed by atoms with Crippen LogP contribution in [0.1, 0.15) is 34.3 Å². The van der Waals surface area contributed by atoms with Crippen molar-refractivity contribution in [1.82, 2.24) is 5.32 Å². The highest BCUT2D eigenvalue weighted by atomic mass is 79.9. The Bertz CT molecular complexity index is 1280. The molecule has 204 valence electrons. The molecule has 4 nitrogen and oxygen atoms in total. The summed E-state index contributed by atoms with van der Waals surface area (Å²) in [5, 5.41) is 1.11. The topological polar surface area (TPSA) is 63.2 Å². The number of allylic oxidation sites excluding steroid dienone is 1. The number of rotatable bonds is 8. The Balaban J connectivity index is 2.21. The molecule has 0 aromatic heterocycles. The van der Waals surface area contributed by atoms with E-state index in [0.717, 1.165) is 24.3 Å². The lowest BCUT2D eigenvalue weighted by Gasteiger charge is -2.18. The fourth-order valence-electron chi connectivity index (χ4n) is 3.22. The molecule has 0 aliphatic carbocycles. The minimum atomic E-state index is -4.92. The molecule has 2 unspecified atom stereocenters. The standard InChI is InChI=1S/C22H17BrCl2F7NO3S/c1-11(9-37(35,36)10-21(27,28)29)33-20(34)14-4-2-12(6-16(14)23)3-5-15(22(30,31)32)13-7-17(24)19(26)18(25)8-13/h2-8,11,15H,9-10H2,1H3,(H,33,34)/b5-3+. The Morgan fingerprint density at radius 1 is 1.08 bits per heavy atom. The molecular formula is C22H17BrCl2F7NO3S. The Morgan fingerprint density at radius 3 is 2.14 bits per heavy atom. The zero-order valence-corrected chi connectivity index (χ0v) is 22.4. The first kappa shape index (κ1) is 31.4. The highest BCUT2D eigenvalue weighted by Gasteiger charge is 2.39. The van der Waals surface area contributed by atoms with Gasteiger partial charge in [-0.3, -0.25) is 4.79 Å². The van der Waals surface area contributed by atoms with E-state index in [0.29, 0.717) is 0 Å². The molecule has 0 radical (unpaired) electrons. The van der Waals surface area contributed by atoms with Crippen molar-refractivity contribution in [3.05, 3.63) is 73.4 Å². The van der Waals surface area contributed by atoms with Crippen LogP contribution in [0.25, 0.3) is 6.08 Å². The summed E-state index contributed by atoms with van der Waals surface area (Å²) in [6.07, 6.45) is -7.81. The number of carbonyl (C=O) groups is 1. The van der Waals surface area contributed by atoms with Crippen LogP contribution in [0.3, 0.4) is 0 Å². The van der Waals surface area contributed by atoms with Gasteiger partial charge in [0.25, 0.3) is 5.91 Å². The highest BCUT2D eigenvalue weighted by Crippen LogP contribution is 2.39. The Kier molecular flexibility index (Phi) is 10.1. The number of amides is 1. The smallest absolute Gasteiger partial charge is 0.349 e. The SMILES string of the molecule is CC(CS(=O)(=O)CC(F)(F)F)NC(=O)c1ccc(/C=C/C(c2cc(Cl)c(F)c(Cl)c2)C(F)(F)F)cc1Br. The molecule has 0 bridgehead atoms. The maximum Gasteiger partial charge on any atom is 0.402 e. The second-order valence-electron chi connectivity index (χ2n) is 7.96. The molecule has 0 spiro atoms. The summed E-state index contributed by atoms with van der Waals surface area (Å²) in [5.74, 6) is -7.04. The molecular weight excluding hydrogens is 642 g/mol. The first-order valence-corrected chi connectivity index (χ1v) is 13.4. The fraction of sp³-hybridized carbons (Fsp3) is 0.318. The summed E-state index contributed by atoms with van der Waals surface area (Å²) in [6.45, 7) is 1.21. The summed E-state index contributed by atoms with van der Waals surface area (Å²) in [6, 6.07) is 4.28. The highest BCUT2D eigenvalue weighted by molar-refractivity contribution is 9.10. The van der Waals surface area contributed by atoms with Gasteiger partial charge >= 0.3 is 12.4 Å². The van der Waals surface area contributed by atoms with Gasteiger partial charge in [0.2, 0.25) is 0 Å². The Morgan fingerprint density at radius 2 is 1.65 bits per heavy atom. The number of alkyl halides is 6. The van der Waals surface area contributed by atoms with Gasteiger partial charge in [-0.25, -0.2) is 12.8 Å². The first-order chi connectivity index (χ1) is 16.8. The summed E-state index contributed by atoms with van der Waals surface area (Å²) < 4.78 is 115. The van der Waals surface area contributed by atoms with E-state index in [2.05, 4.69) is 21.2 Å². The van der Waals surface area contributed by atoms with Crippen molar-refractivity contribution in [3.8, 4) is 0 Å². The van der Waals surface area contributed by atoms with Crippen molar-refractivity contribution in [2.75, 3.05) is 11.5 Å². The summed E-state index contributed by atoms with van der Waals surface area (Å²) >= 11 is 14.3. The lowest BCUT2D eigenvalue weighted by atomic mass is 9.96. The van der Waals surface area contributed by atoms with Crippen molar-refractivity contribution in [2.24, 2.45) is 0 Å². The van der Waals surface area contributed by atoms with Gasteiger partial charge in [0.1, 0.15) is 5.75 Å². The maximum atomic E-state index is 13.7. The average Bonchev–Trinajstić information content (AvgIpc) is 2.68. The molecule has 2 rings (SSSR count). The van der Waals surface area contributed by atoms with Gasteiger partial charge in [0.15, 0.2) is 15.7 Å². The number of hydrogen-bond donors (Lipinski definition) is 1. The van der Waals surface area contributed by atoms with E-state index in [1.54, 1.807) is 0 Å². The largest absolute Gasteiger partial charge is 0.402 e. The lowest BCUT2D eigenvalue weighted by molar-refractivity contribution is -0.139. The van der Waals surface area contributed by atoms with E-state index in [-0.39, 0.29) is 15.6 Å². The van der Waals surface area contributed by atoms with Crippen LogP contribution in [0.15, 0.2) is 40.9 Å². The summed E-state index contributed by atoms with van der Waals surface area (Å²) in [7, 11) is -4.53. The van der Waals surface area contributed by atoms with Gasteiger partial charge in [0.05, 0.1) is 27.3 Å². The first-order valence-electron chi connectivity index (χ1n) is 10.1. The zero-order chi connectivity index (χ0) is 28.3. The maximum absolute atomic E-state index is 13.7. The third-order valence-corrected chi connectivity index (χ3v) is 7.68. The minimum Gasteiger partial charge on any atom is -0.349 e. The monoisotopic (exact) mass is 657 g/mol. The zero-order valence-electron chi connectivity index (χ0n) is 18.5. The van der Waals surface area contributed by atoms with Crippen molar-refractivity contribution in [1.29, 1.82) is 0 Å². The van der Waals surface area contributed by atoms with Crippen molar-refractivity contribution < 1.29 is 43.9 Å². The van der Waals surface area contributed by atoms with E-state index >= 15 is 0 Å². The third-order valence-electron chi connectivity index (χ3n) is 4.70. The van der Waals surface area contributed by atoms with Crippen molar-refractivity contribution in [2.45, 2.75) is 31.2 Å². The second-order valence-corrected chi connectivity index (χ2v) is 11.7. The Labute approximate surface area is 225 Å². The number of benzene rings is 2. The van der Waals surface area contributed by atoms with Gasteiger partial charge in [0, 0.05) is 10.5 Å². The second kappa shape index (κ2) is 11.9.